The molecule has 0 bridgehead atoms. The SMILES string of the molecule is CS(=O)(=O)c1ccc(CNC(=O)/C=C/C2CCN(CCC(c3ccccc3)C3CCN(S(C)(=O)=O)CC3)CC2)cc1. The van der Waals surface area contributed by atoms with Crippen LogP contribution in [-0.2, 0) is 31.2 Å². The highest BCUT2D eigenvalue weighted by Gasteiger charge is 2.31. The predicted molar refractivity (Wildman–Crippen MR) is 163 cm³/mol. The number of carbonyl (C=O) groups excluding carboxylic acids is 1. The number of sulfone groups is 1. The van der Waals surface area contributed by atoms with Crippen LogP contribution in [0.2, 0.25) is 0 Å². The molecule has 4 rings (SSSR count). The molecule has 0 aliphatic carbocycles. The van der Waals surface area contributed by atoms with Gasteiger partial charge in [-0.1, -0.05) is 48.5 Å². The van der Waals surface area contributed by atoms with Crippen LogP contribution in [0.5, 0.6) is 0 Å². The van der Waals surface area contributed by atoms with Gasteiger partial charge in [0.15, 0.2) is 9.84 Å². The van der Waals surface area contributed by atoms with E-state index in [1.807, 2.05) is 12.1 Å². The number of benzene rings is 2. The van der Waals surface area contributed by atoms with E-state index in [1.54, 1.807) is 34.6 Å². The van der Waals surface area contributed by atoms with Crippen LogP contribution in [0.1, 0.15) is 49.1 Å². The highest BCUT2D eigenvalue weighted by atomic mass is 32.2. The maximum atomic E-state index is 12.3. The Bertz CT molecular complexity index is 1380. The van der Waals surface area contributed by atoms with Gasteiger partial charge in [0.25, 0.3) is 0 Å². The first kappa shape index (κ1) is 31.4. The standard InChI is InChI=1S/C31H43N3O5S2/c1-40(36,37)29-11-8-26(9-12-29)24-32-31(35)13-10-25-14-19-33(20-15-25)21-18-30(27-6-4-3-5-7-27)28-16-22-34(23-17-28)41(2,38)39/h3-13,25,28,30H,14-24H2,1-2H3,(H,32,35)/b13-10+. The second-order valence-corrected chi connectivity index (χ2v) is 15.5. The summed E-state index contributed by atoms with van der Waals surface area (Å²) in [6, 6.07) is 17.2. The van der Waals surface area contributed by atoms with Crippen molar-refractivity contribution in [2.24, 2.45) is 11.8 Å². The van der Waals surface area contributed by atoms with Crippen LogP contribution < -0.4 is 5.32 Å². The van der Waals surface area contributed by atoms with Crippen LogP contribution in [-0.4, -0.2) is 77.2 Å². The van der Waals surface area contributed by atoms with Crippen molar-refractivity contribution >= 4 is 25.8 Å². The molecule has 8 nitrogen and oxygen atoms in total. The van der Waals surface area contributed by atoms with Crippen molar-refractivity contribution in [1.82, 2.24) is 14.5 Å². The zero-order valence-electron chi connectivity index (χ0n) is 24.1. The molecule has 224 valence electrons. The molecule has 2 aromatic carbocycles. The first-order valence-corrected chi connectivity index (χ1v) is 18.2. The monoisotopic (exact) mass is 601 g/mol. The lowest BCUT2D eigenvalue weighted by molar-refractivity contribution is -0.116. The lowest BCUT2D eigenvalue weighted by atomic mass is 9.78. The third-order valence-corrected chi connectivity index (χ3v) is 10.9. The fourth-order valence-corrected chi connectivity index (χ4v) is 7.51. The molecule has 1 unspecified atom stereocenters. The molecule has 2 heterocycles. The number of sulfonamides is 1. The summed E-state index contributed by atoms with van der Waals surface area (Å²) in [4.78, 5) is 15.1. The van der Waals surface area contributed by atoms with E-state index in [0.717, 1.165) is 57.3 Å². The van der Waals surface area contributed by atoms with Crippen molar-refractivity contribution in [3.05, 3.63) is 77.9 Å². The van der Waals surface area contributed by atoms with E-state index in [0.29, 0.717) is 37.4 Å². The molecule has 2 saturated heterocycles. The molecule has 2 aromatic rings. The first-order valence-electron chi connectivity index (χ1n) is 14.5. The van der Waals surface area contributed by atoms with E-state index >= 15 is 0 Å². The van der Waals surface area contributed by atoms with Gasteiger partial charge in [-0.05, 0) is 98.8 Å². The van der Waals surface area contributed by atoms with Crippen molar-refractivity contribution in [3.63, 3.8) is 0 Å². The molecular formula is C31H43N3O5S2. The molecule has 1 amide bonds. The number of amides is 1. The largest absolute Gasteiger partial charge is 0.348 e. The van der Waals surface area contributed by atoms with Gasteiger partial charge < -0.3 is 10.2 Å². The van der Waals surface area contributed by atoms with Crippen molar-refractivity contribution in [3.8, 4) is 0 Å². The molecule has 2 aliphatic heterocycles. The molecule has 41 heavy (non-hydrogen) atoms. The average molecular weight is 602 g/mol. The molecule has 1 atom stereocenters. The second kappa shape index (κ2) is 14.1. The summed E-state index contributed by atoms with van der Waals surface area (Å²) < 4.78 is 48.8. The maximum absolute atomic E-state index is 12.3. The predicted octanol–water partition coefficient (Wildman–Crippen LogP) is 3.82. The average Bonchev–Trinajstić information content (AvgIpc) is 2.96. The van der Waals surface area contributed by atoms with Gasteiger partial charge in [0.1, 0.15) is 0 Å². The van der Waals surface area contributed by atoms with E-state index < -0.39 is 19.9 Å². The lowest BCUT2D eigenvalue weighted by Gasteiger charge is -2.37. The van der Waals surface area contributed by atoms with E-state index in [1.165, 1.54) is 18.1 Å². The van der Waals surface area contributed by atoms with Gasteiger partial charge >= 0.3 is 0 Å². The van der Waals surface area contributed by atoms with Crippen molar-refractivity contribution in [2.75, 3.05) is 45.2 Å². The van der Waals surface area contributed by atoms with Gasteiger partial charge in [0.2, 0.25) is 15.9 Å². The summed E-state index contributed by atoms with van der Waals surface area (Å²) in [5, 5.41) is 2.87. The van der Waals surface area contributed by atoms with Gasteiger partial charge in [0.05, 0.1) is 11.2 Å². The number of hydrogen-bond donors (Lipinski definition) is 1. The molecular weight excluding hydrogens is 558 g/mol. The molecule has 0 saturated carbocycles. The Labute approximate surface area is 245 Å². The topological polar surface area (TPSA) is 104 Å². The van der Waals surface area contributed by atoms with E-state index in [-0.39, 0.29) is 10.8 Å². The zero-order chi connectivity index (χ0) is 29.5. The second-order valence-electron chi connectivity index (χ2n) is 11.5. The van der Waals surface area contributed by atoms with Crippen LogP contribution in [0.3, 0.4) is 0 Å². The highest BCUT2D eigenvalue weighted by molar-refractivity contribution is 7.90. The molecule has 2 fully saturated rings. The van der Waals surface area contributed by atoms with Crippen LogP contribution >= 0.6 is 0 Å². The molecule has 0 radical (unpaired) electrons. The van der Waals surface area contributed by atoms with Crippen molar-refractivity contribution in [1.29, 1.82) is 0 Å². The fourth-order valence-electron chi connectivity index (χ4n) is 6.00. The van der Waals surface area contributed by atoms with Gasteiger partial charge in [-0.3, -0.25) is 4.79 Å². The van der Waals surface area contributed by atoms with E-state index in [9.17, 15) is 21.6 Å². The first-order chi connectivity index (χ1) is 19.5. The summed E-state index contributed by atoms with van der Waals surface area (Å²) in [6.45, 7) is 4.57. The summed E-state index contributed by atoms with van der Waals surface area (Å²) in [5.41, 5.74) is 2.20. The quantitative estimate of drug-likeness (QED) is 0.393. The minimum Gasteiger partial charge on any atom is -0.348 e. The molecule has 0 spiro atoms. The minimum absolute atomic E-state index is 0.146. The number of likely N-dealkylation sites (tertiary alicyclic amines) is 1. The minimum atomic E-state index is -3.23. The number of piperidine rings is 2. The molecule has 0 aromatic heterocycles. The number of nitrogens with one attached hydrogen (secondary N) is 1. The van der Waals surface area contributed by atoms with Crippen molar-refractivity contribution < 1.29 is 21.6 Å². The van der Waals surface area contributed by atoms with Crippen LogP contribution in [0.4, 0.5) is 0 Å². The summed E-state index contributed by atoms with van der Waals surface area (Å²) in [5.74, 6) is 1.12. The maximum Gasteiger partial charge on any atom is 0.243 e. The smallest absolute Gasteiger partial charge is 0.243 e. The Balaban J connectivity index is 1.22. The van der Waals surface area contributed by atoms with Gasteiger partial charge in [-0.25, -0.2) is 21.1 Å². The zero-order valence-corrected chi connectivity index (χ0v) is 25.7. The number of rotatable bonds is 11. The normalized spacial score (nSPS) is 19.4. The van der Waals surface area contributed by atoms with E-state index in [2.05, 4.69) is 34.5 Å². The van der Waals surface area contributed by atoms with Gasteiger partial charge in [-0.2, -0.15) is 0 Å². The summed E-state index contributed by atoms with van der Waals surface area (Å²) in [7, 11) is -6.36. The van der Waals surface area contributed by atoms with E-state index in [4.69, 9.17) is 0 Å². The van der Waals surface area contributed by atoms with Crippen LogP contribution in [0.25, 0.3) is 0 Å². The summed E-state index contributed by atoms with van der Waals surface area (Å²) >= 11 is 0. The molecule has 2 aliphatic rings. The Hall–Kier alpha value is -2.53. The van der Waals surface area contributed by atoms with Crippen LogP contribution in [0.15, 0.2) is 71.6 Å². The van der Waals surface area contributed by atoms with Gasteiger partial charge in [0, 0.05) is 25.9 Å². The third-order valence-electron chi connectivity index (χ3n) is 8.49. The lowest BCUT2D eigenvalue weighted by Crippen LogP contribution is -2.40. The Morgan fingerprint density at radius 1 is 0.902 bits per heavy atom. The number of allylic oxidation sites excluding steroid dienone is 1. The fraction of sp³-hybridized carbons (Fsp3) is 0.516. The van der Waals surface area contributed by atoms with Crippen molar-refractivity contribution in [2.45, 2.75) is 49.5 Å². The highest BCUT2D eigenvalue weighted by Crippen LogP contribution is 2.36. The van der Waals surface area contributed by atoms with Crippen LogP contribution in [0, 0.1) is 11.8 Å². The Kier molecular flexibility index (Phi) is 10.8. The Morgan fingerprint density at radius 2 is 1.54 bits per heavy atom. The number of hydrogen-bond acceptors (Lipinski definition) is 6. The molecule has 10 heteroatoms. The Morgan fingerprint density at radius 3 is 2.12 bits per heavy atom. The number of carbonyl (C=O) groups is 1. The summed E-state index contributed by atoms with van der Waals surface area (Å²) in [6.07, 6.45) is 11.0. The molecule has 1 N–H and O–H groups in total. The number of nitrogens with zero attached hydrogens (tertiary/aromatic N) is 2. The third kappa shape index (κ3) is 9.49. The van der Waals surface area contributed by atoms with Gasteiger partial charge in [-0.15, -0.1) is 0 Å².